The van der Waals surface area contributed by atoms with Crippen LogP contribution in [-0.2, 0) is 7.05 Å². The van der Waals surface area contributed by atoms with Crippen molar-refractivity contribution in [2.75, 3.05) is 5.32 Å². The van der Waals surface area contributed by atoms with Crippen molar-refractivity contribution < 1.29 is 0 Å². The van der Waals surface area contributed by atoms with Gasteiger partial charge in [0, 0.05) is 45.4 Å². The Balaban J connectivity index is 0.00000165. The molecule has 0 amide bonds. The van der Waals surface area contributed by atoms with Crippen LogP contribution in [0.2, 0.25) is 0 Å². The van der Waals surface area contributed by atoms with Crippen LogP contribution in [0.5, 0.6) is 0 Å². The number of aryl methyl sites for hydroxylation is 1. The molecule has 0 aliphatic rings. The number of thiophene rings is 1. The van der Waals surface area contributed by atoms with Gasteiger partial charge >= 0.3 is 0 Å². The minimum Gasteiger partial charge on any atom is -0.359 e. The van der Waals surface area contributed by atoms with E-state index >= 15 is 0 Å². The van der Waals surface area contributed by atoms with Crippen molar-refractivity contribution in [2.45, 2.75) is 20.3 Å². The van der Waals surface area contributed by atoms with Crippen molar-refractivity contribution in [3.05, 3.63) is 127 Å². The lowest BCUT2D eigenvalue weighted by molar-refractivity contribution is 1.02. The largest absolute Gasteiger partial charge is 0.359 e. The standard InChI is InChI=1S/C36H32N2S.C2H4/c1-5-8-9-12-21-37-34-35-30(23-31-28(14-6-2)33(7-3)39-36(31)34)29-22-25(19-20-32(29)38(35)4)27-18-13-16-24-15-10-11-17-26(24)27;1-2/h6-23,37H,3,5H2,1-2,4H3;1-2H2/b9-8-,14-6-,21-12-;. The summed E-state index contributed by atoms with van der Waals surface area (Å²) < 4.78 is 3.58. The van der Waals surface area contributed by atoms with Gasteiger partial charge in [-0.05, 0) is 59.5 Å². The van der Waals surface area contributed by atoms with Crippen molar-refractivity contribution >= 4 is 71.8 Å². The van der Waals surface area contributed by atoms with E-state index in [9.17, 15) is 0 Å². The SMILES string of the molecule is C=C.C=Cc1sc2c(N/C=C\C=C/CC)c3c(cc2c1/C=C\C)c1cc(-c2cccc4ccccc24)ccc1n3C. The van der Waals surface area contributed by atoms with Crippen LogP contribution in [-0.4, -0.2) is 4.57 Å². The highest BCUT2D eigenvalue weighted by molar-refractivity contribution is 7.21. The zero-order valence-electron chi connectivity index (χ0n) is 24.1. The van der Waals surface area contributed by atoms with Crippen LogP contribution in [0.4, 0.5) is 5.69 Å². The van der Waals surface area contributed by atoms with E-state index in [1.165, 1.54) is 64.2 Å². The van der Waals surface area contributed by atoms with Crippen LogP contribution in [0.15, 0.2) is 117 Å². The molecule has 3 heteroatoms. The fourth-order valence-electron chi connectivity index (χ4n) is 5.65. The molecule has 4 aromatic carbocycles. The molecule has 0 saturated carbocycles. The minimum atomic E-state index is 1.02. The summed E-state index contributed by atoms with van der Waals surface area (Å²) in [5.74, 6) is 0. The molecule has 41 heavy (non-hydrogen) atoms. The Morgan fingerprint density at radius 3 is 2.49 bits per heavy atom. The third-order valence-corrected chi connectivity index (χ3v) is 8.66. The van der Waals surface area contributed by atoms with Gasteiger partial charge in [-0.3, -0.25) is 0 Å². The first-order valence-corrected chi connectivity index (χ1v) is 14.8. The molecule has 0 atom stereocenters. The molecule has 204 valence electrons. The Bertz CT molecular complexity index is 1970. The Kier molecular flexibility index (Phi) is 8.37. The summed E-state index contributed by atoms with van der Waals surface area (Å²) in [6, 6.07) is 24.5. The first-order valence-electron chi connectivity index (χ1n) is 14.0. The number of rotatable bonds is 7. The average molecular weight is 553 g/mol. The zero-order chi connectivity index (χ0) is 28.9. The van der Waals surface area contributed by atoms with Crippen molar-refractivity contribution in [3.63, 3.8) is 0 Å². The normalized spacial score (nSPS) is 11.9. The number of hydrogen-bond acceptors (Lipinski definition) is 2. The molecular formula is C38H36N2S. The molecule has 0 saturated heterocycles. The molecule has 0 aliphatic heterocycles. The molecule has 6 aromatic rings. The van der Waals surface area contributed by atoms with E-state index in [1.54, 1.807) is 11.3 Å². The monoisotopic (exact) mass is 552 g/mol. The van der Waals surface area contributed by atoms with Gasteiger partial charge in [0.1, 0.15) is 0 Å². The summed E-state index contributed by atoms with van der Waals surface area (Å²) in [6.07, 6.45) is 15.7. The maximum absolute atomic E-state index is 4.12. The quantitative estimate of drug-likeness (QED) is 0.154. The molecule has 0 fully saturated rings. The number of fused-ring (bicyclic) bond motifs is 5. The summed E-state index contributed by atoms with van der Waals surface area (Å²) >= 11 is 1.80. The number of benzene rings is 4. The van der Waals surface area contributed by atoms with Gasteiger partial charge in [0.05, 0.1) is 15.9 Å². The van der Waals surface area contributed by atoms with Crippen molar-refractivity contribution in [1.29, 1.82) is 0 Å². The lowest BCUT2D eigenvalue weighted by atomic mass is 9.96. The fraction of sp³-hybridized carbons (Fsp3) is 0.105. The van der Waals surface area contributed by atoms with E-state index < -0.39 is 0 Å². The maximum Gasteiger partial charge on any atom is 0.0809 e. The summed E-state index contributed by atoms with van der Waals surface area (Å²) in [4.78, 5) is 1.19. The lowest BCUT2D eigenvalue weighted by Crippen LogP contribution is -1.94. The van der Waals surface area contributed by atoms with Crippen LogP contribution in [0.25, 0.3) is 65.9 Å². The topological polar surface area (TPSA) is 17.0 Å². The molecule has 6 rings (SSSR count). The predicted molar refractivity (Wildman–Crippen MR) is 187 cm³/mol. The molecule has 2 aromatic heterocycles. The second-order valence-corrected chi connectivity index (χ2v) is 10.8. The first-order chi connectivity index (χ1) is 20.2. The minimum absolute atomic E-state index is 1.02. The van der Waals surface area contributed by atoms with Gasteiger partial charge in [-0.15, -0.1) is 24.5 Å². The Morgan fingerprint density at radius 1 is 0.902 bits per heavy atom. The summed E-state index contributed by atoms with van der Waals surface area (Å²) in [5.41, 5.74) is 7.29. The van der Waals surface area contributed by atoms with E-state index in [1.807, 2.05) is 12.3 Å². The fourth-order valence-corrected chi connectivity index (χ4v) is 6.78. The van der Waals surface area contributed by atoms with Gasteiger partial charge < -0.3 is 9.88 Å². The molecule has 0 bridgehead atoms. The number of anilines is 1. The average Bonchev–Trinajstić information content (AvgIpc) is 3.51. The zero-order valence-corrected chi connectivity index (χ0v) is 24.9. The highest BCUT2D eigenvalue weighted by Crippen LogP contribution is 2.45. The first kappa shape index (κ1) is 27.9. The summed E-state index contributed by atoms with van der Waals surface area (Å²) in [6.45, 7) is 14.3. The van der Waals surface area contributed by atoms with Gasteiger partial charge in [0.2, 0.25) is 0 Å². The number of nitrogens with zero attached hydrogens (tertiary/aromatic N) is 1. The van der Waals surface area contributed by atoms with Gasteiger partial charge in [-0.25, -0.2) is 0 Å². The number of nitrogens with one attached hydrogen (secondary N) is 1. The number of allylic oxidation sites excluding steroid dienone is 4. The predicted octanol–water partition coefficient (Wildman–Crippen LogP) is 11.7. The third-order valence-electron chi connectivity index (χ3n) is 7.43. The summed E-state index contributed by atoms with van der Waals surface area (Å²) in [5, 5.41) is 9.97. The second kappa shape index (κ2) is 12.3. The Morgan fingerprint density at radius 2 is 1.71 bits per heavy atom. The third kappa shape index (κ3) is 4.94. The van der Waals surface area contributed by atoms with Crippen LogP contribution < -0.4 is 5.32 Å². The van der Waals surface area contributed by atoms with Crippen molar-refractivity contribution in [3.8, 4) is 11.1 Å². The summed E-state index contributed by atoms with van der Waals surface area (Å²) in [7, 11) is 2.18. The van der Waals surface area contributed by atoms with Crippen LogP contribution in [0.1, 0.15) is 30.7 Å². The smallest absolute Gasteiger partial charge is 0.0809 e. The highest BCUT2D eigenvalue weighted by Gasteiger charge is 2.20. The molecule has 0 radical (unpaired) electrons. The van der Waals surface area contributed by atoms with Gasteiger partial charge in [0.25, 0.3) is 0 Å². The lowest BCUT2D eigenvalue weighted by Gasteiger charge is -2.09. The molecule has 2 heterocycles. The highest BCUT2D eigenvalue weighted by atomic mass is 32.1. The molecule has 0 aliphatic carbocycles. The van der Waals surface area contributed by atoms with E-state index in [2.05, 4.69) is 148 Å². The van der Waals surface area contributed by atoms with E-state index in [0.717, 1.165) is 12.1 Å². The molecule has 0 unspecified atom stereocenters. The van der Waals surface area contributed by atoms with Crippen LogP contribution in [0, 0.1) is 0 Å². The number of aromatic nitrogens is 1. The molecular weight excluding hydrogens is 516 g/mol. The van der Waals surface area contributed by atoms with E-state index in [-0.39, 0.29) is 0 Å². The Hall–Kier alpha value is -4.60. The van der Waals surface area contributed by atoms with E-state index in [4.69, 9.17) is 0 Å². The van der Waals surface area contributed by atoms with Gasteiger partial charge in [-0.2, -0.15) is 0 Å². The van der Waals surface area contributed by atoms with Crippen molar-refractivity contribution in [1.82, 2.24) is 4.57 Å². The molecule has 0 spiro atoms. The van der Waals surface area contributed by atoms with Crippen LogP contribution >= 0.6 is 11.3 Å². The van der Waals surface area contributed by atoms with E-state index in [0.29, 0.717) is 0 Å². The van der Waals surface area contributed by atoms with Crippen LogP contribution in [0.3, 0.4) is 0 Å². The van der Waals surface area contributed by atoms with Gasteiger partial charge in [-0.1, -0.05) is 92.4 Å². The maximum atomic E-state index is 4.12. The second-order valence-electron chi connectivity index (χ2n) is 9.77. The van der Waals surface area contributed by atoms with Crippen molar-refractivity contribution in [2.24, 2.45) is 7.05 Å². The number of hydrogen-bond donors (Lipinski definition) is 1. The molecule has 2 nitrogen and oxygen atoms in total. The Labute approximate surface area is 246 Å². The van der Waals surface area contributed by atoms with Gasteiger partial charge in [0.15, 0.2) is 0 Å². The molecule has 1 N–H and O–H groups in total.